The third-order valence-electron chi connectivity index (χ3n) is 4.17. The topological polar surface area (TPSA) is 60.7 Å². The average molecular weight is 336 g/mol. The summed E-state index contributed by atoms with van der Waals surface area (Å²) in [5, 5.41) is 0. The van der Waals surface area contributed by atoms with Gasteiger partial charge in [0.15, 0.2) is 0 Å². The Hall–Kier alpha value is -2.95. The predicted octanol–water partition coefficient (Wildman–Crippen LogP) is 3.29. The molecule has 0 bridgehead atoms. The van der Waals surface area contributed by atoms with Gasteiger partial charge in [0.05, 0.1) is 11.3 Å². The summed E-state index contributed by atoms with van der Waals surface area (Å²) in [6, 6.07) is 8.99. The molecule has 2 aromatic heterocycles. The van der Waals surface area contributed by atoms with E-state index in [1.807, 2.05) is 45.9 Å². The standard InChI is InChI=1S/C20H20N2O3/c1-12-8-14(3)18(15(4)9-12)20(24)25-11-16-10-17(23)22-7-5-6-13(2)19(22)21-16/h5-10H,11H2,1-4H3. The molecule has 3 rings (SSSR count). The molecule has 3 aromatic rings. The zero-order valence-electron chi connectivity index (χ0n) is 14.8. The molecule has 5 heteroatoms. The van der Waals surface area contributed by atoms with Crippen molar-refractivity contribution in [2.75, 3.05) is 0 Å². The third kappa shape index (κ3) is 3.31. The van der Waals surface area contributed by atoms with Crippen LogP contribution in [0.2, 0.25) is 0 Å². The van der Waals surface area contributed by atoms with Crippen molar-refractivity contribution in [1.29, 1.82) is 0 Å². The SMILES string of the molecule is Cc1cc(C)c(C(=O)OCc2cc(=O)n3cccc(C)c3n2)c(C)c1. The van der Waals surface area contributed by atoms with E-state index in [1.54, 1.807) is 12.3 Å². The Balaban J connectivity index is 1.87. The molecule has 1 aromatic carbocycles. The number of hydrogen-bond acceptors (Lipinski definition) is 4. The van der Waals surface area contributed by atoms with E-state index in [0.29, 0.717) is 16.9 Å². The first kappa shape index (κ1) is 16.9. The van der Waals surface area contributed by atoms with Crippen molar-refractivity contribution < 1.29 is 9.53 Å². The Morgan fingerprint density at radius 2 is 1.76 bits per heavy atom. The molecule has 0 aliphatic rings. The molecular formula is C20H20N2O3. The Morgan fingerprint density at radius 1 is 1.08 bits per heavy atom. The molecule has 0 radical (unpaired) electrons. The van der Waals surface area contributed by atoms with Gasteiger partial charge < -0.3 is 4.74 Å². The van der Waals surface area contributed by atoms with Gasteiger partial charge in [-0.3, -0.25) is 9.20 Å². The molecule has 0 spiro atoms. The van der Waals surface area contributed by atoms with Crippen LogP contribution in [-0.4, -0.2) is 15.4 Å². The maximum Gasteiger partial charge on any atom is 0.339 e. The second-order valence-electron chi connectivity index (χ2n) is 6.32. The van der Waals surface area contributed by atoms with E-state index in [2.05, 4.69) is 4.98 Å². The van der Waals surface area contributed by atoms with Gasteiger partial charge in [-0.25, -0.2) is 9.78 Å². The van der Waals surface area contributed by atoms with Gasteiger partial charge in [0.2, 0.25) is 0 Å². The third-order valence-corrected chi connectivity index (χ3v) is 4.17. The van der Waals surface area contributed by atoms with E-state index in [0.717, 1.165) is 22.3 Å². The predicted molar refractivity (Wildman–Crippen MR) is 96.0 cm³/mol. The van der Waals surface area contributed by atoms with Crippen LogP contribution in [0.25, 0.3) is 5.65 Å². The minimum atomic E-state index is -0.401. The lowest BCUT2D eigenvalue weighted by Gasteiger charge is -2.11. The van der Waals surface area contributed by atoms with Crippen LogP contribution in [0.15, 0.2) is 41.3 Å². The Morgan fingerprint density at radius 3 is 2.44 bits per heavy atom. The van der Waals surface area contributed by atoms with Gasteiger partial charge in [0.1, 0.15) is 12.3 Å². The molecule has 0 aliphatic heterocycles. The Bertz CT molecular complexity index is 1010. The number of benzene rings is 1. The fourth-order valence-corrected chi connectivity index (χ4v) is 3.10. The van der Waals surface area contributed by atoms with E-state index < -0.39 is 5.97 Å². The minimum Gasteiger partial charge on any atom is -0.456 e. The molecular weight excluding hydrogens is 316 g/mol. The van der Waals surface area contributed by atoms with Crippen LogP contribution < -0.4 is 5.56 Å². The summed E-state index contributed by atoms with van der Waals surface area (Å²) in [5.41, 5.74) is 5.14. The zero-order chi connectivity index (χ0) is 18.1. The number of carbonyl (C=O) groups is 1. The number of fused-ring (bicyclic) bond motifs is 1. The normalized spacial score (nSPS) is 10.9. The molecule has 0 unspecified atom stereocenters. The first-order chi connectivity index (χ1) is 11.9. The summed E-state index contributed by atoms with van der Waals surface area (Å²) in [7, 11) is 0. The summed E-state index contributed by atoms with van der Waals surface area (Å²) in [5.74, 6) is -0.401. The lowest BCUT2D eigenvalue weighted by atomic mass is 10.00. The number of ether oxygens (including phenoxy) is 1. The number of pyridine rings is 1. The molecule has 0 saturated heterocycles. The molecule has 2 heterocycles. The zero-order valence-corrected chi connectivity index (χ0v) is 14.8. The lowest BCUT2D eigenvalue weighted by Crippen LogP contribution is -2.17. The molecule has 0 N–H and O–H groups in total. The minimum absolute atomic E-state index is 0.0360. The van der Waals surface area contributed by atoms with Crippen LogP contribution in [0, 0.1) is 27.7 Å². The van der Waals surface area contributed by atoms with Gasteiger partial charge in [-0.2, -0.15) is 0 Å². The summed E-state index contributed by atoms with van der Waals surface area (Å²) >= 11 is 0. The largest absolute Gasteiger partial charge is 0.456 e. The van der Waals surface area contributed by atoms with Crippen molar-refractivity contribution in [3.63, 3.8) is 0 Å². The molecule has 0 atom stereocenters. The molecule has 0 fully saturated rings. The quantitative estimate of drug-likeness (QED) is 0.689. The molecule has 128 valence electrons. The van der Waals surface area contributed by atoms with Gasteiger partial charge in [-0.05, 0) is 50.5 Å². The van der Waals surface area contributed by atoms with E-state index in [-0.39, 0.29) is 12.2 Å². The summed E-state index contributed by atoms with van der Waals surface area (Å²) in [6.07, 6.45) is 1.67. The summed E-state index contributed by atoms with van der Waals surface area (Å²) in [4.78, 5) is 29.1. The highest BCUT2D eigenvalue weighted by Gasteiger charge is 2.15. The Kier molecular flexibility index (Phi) is 4.40. The van der Waals surface area contributed by atoms with Crippen LogP contribution in [0.1, 0.15) is 38.3 Å². The first-order valence-corrected chi connectivity index (χ1v) is 8.09. The second kappa shape index (κ2) is 6.51. The Labute approximate surface area is 145 Å². The molecule has 0 saturated carbocycles. The fourth-order valence-electron chi connectivity index (χ4n) is 3.10. The maximum absolute atomic E-state index is 12.5. The second-order valence-corrected chi connectivity index (χ2v) is 6.32. The van der Waals surface area contributed by atoms with E-state index >= 15 is 0 Å². The smallest absolute Gasteiger partial charge is 0.339 e. The number of esters is 1. The van der Waals surface area contributed by atoms with Gasteiger partial charge >= 0.3 is 5.97 Å². The van der Waals surface area contributed by atoms with E-state index in [9.17, 15) is 9.59 Å². The van der Waals surface area contributed by atoms with E-state index in [4.69, 9.17) is 4.74 Å². The van der Waals surface area contributed by atoms with Crippen molar-refractivity contribution in [3.8, 4) is 0 Å². The highest BCUT2D eigenvalue weighted by atomic mass is 16.5. The molecule has 0 aliphatic carbocycles. The van der Waals surface area contributed by atoms with Crippen LogP contribution in [0.5, 0.6) is 0 Å². The summed E-state index contributed by atoms with van der Waals surface area (Å²) in [6.45, 7) is 7.62. The van der Waals surface area contributed by atoms with Gasteiger partial charge in [-0.1, -0.05) is 23.8 Å². The van der Waals surface area contributed by atoms with Gasteiger partial charge in [-0.15, -0.1) is 0 Å². The van der Waals surface area contributed by atoms with Crippen molar-refractivity contribution >= 4 is 11.6 Å². The highest BCUT2D eigenvalue weighted by Crippen LogP contribution is 2.18. The number of hydrogen-bond donors (Lipinski definition) is 0. The van der Waals surface area contributed by atoms with Crippen molar-refractivity contribution in [3.05, 3.63) is 80.4 Å². The monoisotopic (exact) mass is 336 g/mol. The number of rotatable bonds is 3. The number of aryl methyl sites for hydroxylation is 4. The maximum atomic E-state index is 12.5. The summed E-state index contributed by atoms with van der Waals surface area (Å²) < 4.78 is 6.89. The number of nitrogens with zero attached hydrogens (tertiary/aromatic N) is 2. The van der Waals surface area contributed by atoms with Crippen molar-refractivity contribution in [1.82, 2.24) is 9.38 Å². The fraction of sp³-hybridized carbons (Fsp3) is 0.250. The van der Waals surface area contributed by atoms with E-state index in [1.165, 1.54) is 10.5 Å². The average Bonchev–Trinajstić information content (AvgIpc) is 2.53. The van der Waals surface area contributed by atoms with Gasteiger partial charge in [0.25, 0.3) is 5.56 Å². The first-order valence-electron chi connectivity index (χ1n) is 8.09. The lowest BCUT2D eigenvalue weighted by molar-refractivity contribution is 0.0466. The number of carbonyl (C=O) groups excluding carboxylic acids is 1. The van der Waals surface area contributed by atoms with Crippen LogP contribution in [0.3, 0.4) is 0 Å². The molecule has 25 heavy (non-hydrogen) atoms. The van der Waals surface area contributed by atoms with Crippen LogP contribution in [-0.2, 0) is 11.3 Å². The number of aromatic nitrogens is 2. The van der Waals surface area contributed by atoms with Crippen molar-refractivity contribution in [2.45, 2.75) is 34.3 Å². The van der Waals surface area contributed by atoms with Gasteiger partial charge in [0, 0.05) is 12.3 Å². The highest BCUT2D eigenvalue weighted by molar-refractivity contribution is 5.92. The molecule has 0 amide bonds. The molecule has 5 nitrogen and oxygen atoms in total. The van der Waals surface area contributed by atoms with Crippen molar-refractivity contribution in [2.24, 2.45) is 0 Å². The van der Waals surface area contributed by atoms with Crippen LogP contribution >= 0.6 is 0 Å². The van der Waals surface area contributed by atoms with Crippen LogP contribution in [0.4, 0.5) is 0 Å².